The van der Waals surface area contributed by atoms with Gasteiger partial charge >= 0.3 is 30.3 Å². The molecule has 6 N–H and O–H groups in total. The lowest BCUT2D eigenvalue weighted by Crippen LogP contribution is -2.52. The maximum Gasteiger partial charge on any atom is 0.410 e. The average Bonchev–Trinajstić information content (AvgIpc) is 1.61. The van der Waals surface area contributed by atoms with E-state index in [4.69, 9.17) is 28.1 Å². The van der Waals surface area contributed by atoms with Gasteiger partial charge in [0.15, 0.2) is 14.0 Å². The summed E-state index contributed by atoms with van der Waals surface area (Å²) < 4.78 is 98.0. The van der Waals surface area contributed by atoms with E-state index in [0.717, 1.165) is 62.1 Å². The van der Waals surface area contributed by atoms with Crippen LogP contribution in [0.5, 0.6) is 0 Å². The van der Waals surface area contributed by atoms with Crippen molar-refractivity contribution in [2.24, 2.45) is 21.7 Å². The maximum atomic E-state index is 13.2. The van der Waals surface area contributed by atoms with Gasteiger partial charge in [0.05, 0.1) is 75.1 Å². The zero-order valence-electron chi connectivity index (χ0n) is 77.9. The van der Waals surface area contributed by atoms with Crippen molar-refractivity contribution in [3.05, 3.63) is 42.2 Å². The molecule has 4 spiro atoms. The Balaban J connectivity index is 0.000000251. The highest BCUT2D eigenvalue weighted by Gasteiger charge is 2.56. The van der Waals surface area contributed by atoms with Gasteiger partial charge in [-0.25, -0.2) is 64.7 Å². The van der Waals surface area contributed by atoms with E-state index < -0.39 is 85.4 Å². The second kappa shape index (κ2) is 39.9. The van der Waals surface area contributed by atoms with Crippen molar-refractivity contribution in [1.82, 2.24) is 43.5 Å². The lowest BCUT2D eigenvalue weighted by Gasteiger charge is -2.44. The molecule has 2 aromatic rings. The molecule has 5 heterocycles. The molecule has 8 fully saturated rings. The zero-order valence-corrected chi connectivity index (χ0v) is 82.2. The van der Waals surface area contributed by atoms with Gasteiger partial charge in [0.2, 0.25) is 0 Å². The van der Waals surface area contributed by atoms with Crippen LogP contribution in [0.4, 0.5) is 19.2 Å². The number of fused-ring (bicyclic) bond motifs is 1. The van der Waals surface area contributed by atoms with E-state index in [1.54, 1.807) is 20.9 Å². The van der Waals surface area contributed by atoms with Gasteiger partial charge in [0, 0.05) is 101 Å². The van der Waals surface area contributed by atoms with Crippen molar-refractivity contribution < 1.29 is 79.1 Å². The van der Waals surface area contributed by atoms with Gasteiger partial charge in [-0.3, -0.25) is 0 Å². The van der Waals surface area contributed by atoms with Crippen LogP contribution in [-0.4, -0.2) is 233 Å². The summed E-state index contributed by atoms with van der Waals surface area (Å²) in [5.74, 6) is -0.444. The van der Waals surface area contributed by atoms with Crippen LogP contribution in [0.1, 0.15) is 308 Å². The first-order valence-corrected chi connectivity index (χ1v) is 50.9. The van der Waals surface area contributed by atoms with Crippen molar-refractivity contribution in [3.63, 3.8) is 0 Å². The molecule has 4 saturated carbocycles. The molecule has 4 amide bonds. The molecule has 8 aliphatic rings. The number of aromatic nitrogens is 1. The number of benzene rings is 1. The number of carbonyl (C=O) groups is 5. The van der Waals surface area contributed by atoms with E-state index in [-0.39, 0.29) is 121 Å². The first-order chi connectivity index (χ1) is 54.2. The number of nitrogens with zero attached hydrogens (tertiary/aromatic N) is 5. The van der Waals surface area contributed by atoms with Gasteiger partial charge in [-0.2, -0.15) is 0 Å². The fourth-order valence-electron chi connectivity index (χ4n) is 17.1. The number of piperidine rings is 4. The molecule has 10 rings (SSSR count). The number of aliphatic hydroxyl groups excluding tert-OH is 2. The number of aliphatic hydroxyl groups is 2. The van der Waals surface area contributed by atoms with Gasteiger partial charge < -0.3 is 57.9 Å². The van der Waals surface area contributed by atoms with Crippen LogP contribution in [0.3, 0.4) is 0 Å². The Bertz CT molecular complexity index is 3770. The number of nitrogens with one attached hydrogen (secondary N) is 4. The zero-order chi connectivity index (χ0) is 89.8. The summed E-state index contributed by atoms with van der Waals surface area (Å²) in [4.78, 5) is 74.4. The summed E-state index contributed by atoms with van der Waals surface area (Å²) in [5.41, 5.74) is -2.17. The number of hydrogen-bond acceptors (Lipinski definition) is 18. The molecule has 690 valence electrons. The Morgan fingerprint density at radius 1 is 0.408 bits per heavy atom. The topological polar surface area (TPSA) is 323 Å². The third-order valence-electron chi connectivity index (χ3n) is 24.8. The fourth-order valence-corrected chi connectivity index (χ4v) is 22.3. The third-order valence-corrected chi connectivity index (χ3v) is 35.8. The quantitative estimate of drug-likeness (QED) is 0.0653. The fraction of sp³-hybridized carbons (Fsp3) is 0.843. The lowest BCUT2D eigenvalue weighted by molar-refractivity contribution is 0.00402. The highest BCUT2D eigenvalue weighted by molar-refractivity contribution is 7.85. The molecule has 1 aromatic heterocycles. The summed E-state index contributed by atoms with van der Waals surface area (Å²) in [6.07, 6.45) is 11.7. The normalized spacial score (nSPS) is 25.6. The predicted octanol–water partition coefficient (Wildman–Crippen LogP) is 16.4. The number of amides is 4. The molecule has 0 radical (unpaired) electrons. The van der Waals surface area contributed by atoms with Crippen molar-refractivity contribution in [3.8, 4) is 0 Å². The van der Waals surface area contributed by atoms with Gasteiger partial charge in [0.25, 0.3) is 0 Å². The van der Waals surface area contributed by atoms with Crippen molar-refractivity contribution in [1.29, 1.82) is 0 Å². The Kier molecular flexibility index (Phi) is 34.8. The summed E-state index contributed by atoms with van der Waals surface area (Å²) in [5, 5.41) is 22.3. The van der Waals surface area contributed by atoms with Crippen LogP contribution in [-0.2, 0) is 72.1 Å². The molecule has 4 saturated heterocycles. The number of hydrogen-bond donors (Lipinski definition) is 6. The van der Waals surface area contributed by atoms with Gasteiger partial charge in [-0.1, -0.05) is 52.5 Å². The van der Waals surface area contributed by atoms with E-state index in [1.807, 2.05) is 201 Å². The molecule has 1 aromatic carbocycles. The molecule has 0 bridgehead atoms. The highest BCUT2D eigenvalue weighted by Crippen LogP contribution is 2.53. The SMILES string of the molecule is C.CC(C)(C)OC(=O)N1CCC2(CC1)C[C@@H](O)C[C@H]2NS(=O)C(C)(C)C.CC(C)(C)OC(=O)N1CCC2(CC1)C[C@@H](O[Si](C)(C)C(C)(C)C)C[C@H]2NS(=O)C(C)(C)C.CC(C)(C)OC(=O)N1CCC2(CC1)C[C@H](O)C[C@H]2NS(=O)C(C)(C)C.CC(C)(C)OC(=O)N1CCC2(CC1)C[C@H](OC(=O)c1nccc3ccccc13)C[C@H]2NS(=O)C(C)(C)C. The van der Waals surface area contributed by atoms with Crippen LogP contribution >= 0.6 is 0 Å². The Labute approximate surface area is 732 Å². The first-order valence-electron chi connectivity index (χ1n) is 43.4. The molecule has 4 unspecified atom stereocenters. The third kappa shape index (κ3) is 29.1. The van der Waals surface area contributed by atoms with Gasteiger partial charge in [0.1, 0.15) is 28.5 Å². The molecule has 12 atom stereocenters. The van der Waals surface area contributed by atoms with E-state index in [0.29, 0.717) is 109 Å². The standard InChI is InChI=1S/C28H39N3O5S.C24H48N2O4SSi.2C18H34N2O4S.CH4/c1-26(2,3)36-25(33)31-15-12-28(13-16-31)18-20(17-22(28)30-37(34)27(4,5)6)35-24(32)23-21-10-8-7-9-19(21)11-14-29-23;1-21(2,3)29-20(27)26-14-12-24(13-15-26)17-18(30-32(10,11)23(7,8)9)16-19(24)25-31(28)22(4,5)6;2*1-16(2,3)24-15(22)20-9-7-18(8-10-20)12-13(21)11-14(18)19-25(23)17(4,5)6;/h7-11,14,20,22,30H,12-13,15-18H2,1-6H3;18-19,25H,12-17H2,1-11H3;2*13-14,19,21H,7-12H2,1-6H3;1H4/t20-,22-,37?;18-,19+,31?;13-,14+,25?;13-,14-,25?;/m1001./s1. The van der Waals surface area contributed by atoms with E-state index >= 15 is 0 Å². The summed E-state index contributed by atoms with van der Waals surface area (Å²) in [6.45, 7) is 62.3. The van der Waals surface area contributed by atoms with Crippen LogP contribution in [0.25, 0.3) is 10.8 Å². The molecular formula is C89H159N9O17S4Si. The van der Waals surface area contributed by atoms with Crippen LogP contribution in [0, 0.1) is 21.7 Å². The minimum atomic E-state index is -1.90. The predicted molar refractivity (Wildman–Crippen MR) is 486 cm³/mol. The number of esters is 1. The van der Waals surface area contributed by atoms with Crippen molar-refractivity contribution >= 4 is 93.4 Å². The Morgan fingerprint density at radius 2 is 0.675 bits per heavy atom. The monoisotopic (exact) mass is 1780 g/mol. The lowest BCUT2D eigenvalue weighted by atomic mass is 9.74. The minimum Gasteiger partial charge on any atom is -0.458 e. The molecular weight excluding hydrogens is 1620 g/mol. The Morgan fingerprint density at radius 3 is 0.958 bits per heavy atom. The van der Waals surface area contributed by atoms with Crippen molar-refractivity contribution in [2.45, 2.75) is 405 Å². The van der Waals surface area contributed by atoms with Crippen LogP contribution < -0.4 is 18.9 Å². The number of ether oxygens (including phenoxy) is 5. The highest BCUT2D eigenvalue weighted by atomic mass is 32.2. The van der Waals surface area contributed by atoms with E-state index in [1.165, 1.54) is 0 Å². The van der Waals surface area contributed by atoms with E-state index in [9.17, 15) is 51.0 Å². The average molecular weight is 1780 g/mol. The number of likely N-dealkylation sites (tertiary alicyclic amines) is 4. The van der Waals surface area contributed by atoms with Gasteiger partial charge in [-0.15, -0.1) is 0 Å². The second-order valence-corrected chi connectivity index (χ2v) is 57.2. The summed E-state index contributed by atoms with van der Waals surface area (Å²) in [7, 11) is -6.65. The number of pyridine rings is 1. The summed E-state index contributed by atoms with van der Waals surface area (Å²) >= 11 is 0. The first kappa shape index (κ1) is 104. The molecule has 31 heteroatoms. The largest absolute Gasteiger partial charge is 0.458 e. The molecule has 26 nitrogen and oxygen atoms in total. The van der Waals surface area contributed by atoms with Gasteiger partial charge in [-0.05, 0) is 314 Å². The van der Waals surface area contributed by atoms with Crippen LogP contribution in [0.15, 0.2) is 36.5 Å². The number of carbonyl (C=O) groups excluding carboxylic acids is 5. The van der Waals surface area contributed by atoms with E-state index in [2.05, 4.69) is 57.7 Å². The molecule has 4 aliphatic carbocycles. The molecule has 4 aliphatic heterocycles. The minimum absolute atomic E-state index is 0. The second-order valence-electron chi connectivity index (χ2n) is 44.5. The smallest absolute Gasteiger partial charge is 0.410 e. The maximum absolute atomic E-state index is 13.2. The molecule has 120 heavy (non-hydrogen) atoms. The number of rotatable bonds is 12. The summed E-state index contributed by atoms with van der Waals surface area (Å²) in [6, 6.07) is 9.55. The van der Waals surface area contributed by atoms with Crippen molar-refractivity contribution in [2.75, 3.05) is 52.4 Å². The van der Waals surface area contributed by atoms with Crippen LogP contribution in [0.2, 0.25) is 18.1 Å². The Hall–Kier alpha value is -4.28.